The van der Waals surface area contributed by atoms with Crippen molar-refractivity contribution in [2.75, 3.05) is 10.9 Å². The summed E-state index contributed by atoms with van der Waals surface area (Å²) in [6.45, 7) is 0. The van der Waals surface area contributed by atoms with E-state index in [1.165, 1.54) is 42.5 Å². The lowest BCUT2D eigenvalue weighted by molar-refractivity contribution is 0.482. The van der Waals surface area contributed by atoms with Gasteiger partial charge in [0.15, 0.2) is 5.36 Å². The normalized spacial score (nSPS) is 13.2. The molecular weight excluding hydrogens is 560 g/mol. The van der Waals surface area contributed by atoms with Crippen molar-refractivity contribution in [3.63, 3.8) is 0 Å². The molecule has 5 rings (SSSR count). The van der Waals surface area contributed by atoms with E-state index in [9.17, 15) is 35.5 Å². The largest absolute Gasteiger partial charge is 0.295 e. The van der Waals surface area contributed by atoms with Gasteiger partial charge in [-0.15, -0.1) is 0 Å². The van der Waals surface area contributed by atoms with Crippen molar-refractivity contribution in [3.05, 3.63) is 116 Å². The first-order chi connectivity index (χ1) is 18.9. The van der Waals surface area contributed by atoms with Crippen LogP contribution in [0.1, 0.15) is 0 Å². The lowest BCUT2D eigenvalue weighted by atomic mass is 10.1. The summed E-state index contributed by atoms with van der Waals surface area (Å²) in [5.41, 5.74) is 4.40. The Morgan fingerprint density at radius 1 is 0.550 bits per heavy atom. The number of rotatable bonds is 6. The molecule has 0 atom stereocenters. The maximum atomic E-state index is 13.0. The molecule has 0 aliphatic carbocycles. The van der Waals surface area contributed by atoms with E-state index in [4.69, 9.17) is 0 Å². The minimum atomic E-state index is -4.51. The van der Waals surface area contributed by atoms with Crippen molar-refractivity contribution in [2.45, 2.75) is 9.79 Å². The number of anilines is 2. The Bertz CT molecular complexity index is 2280. The van der Waals surface area contributed by atoms with Gasteiger partial charge in [0.05, 0.1) is 11.4 Å². The predicted molar refractivity (Wildman–Crippen MR) is 147 cm³/mol. The Hall–Kier alpha value is -4.76. The van der Waals surface area contributed by atoms with E-state index in [1.807, 2.05) is 0 Å². The minimum absolute atomic E-state index is 0.172. The SMILES string of the molecule is O=c1cc/c(=N\Nc2ccc(S(=O)(=O)O)c3ccccc23)c(=O)/c1=N/Nc1ccc(S(=O)(=O)O)c2ccccc12. The molecule has 0 spiro atoms. The fourth-order valence-corrected chi connectivity index (χ4v) is 5.55. The molecule has 0 saturated carbocycles. The molecule has 0 saturated heterocycles. The molecule has 0 bridgehead atoms. The van der Waals surface area contributed by atoms with Crippen molar-refractivity contribution < 1.29 is 25.9 Å². The van der Waals surface area contributed by atoms with Crippen LogP contribution in [0.2, 0.25) is 0 Å². The number of hydrogen-bond acceptors (Lipinski definition) is 10. The Kier molecular flexibility index (Phi) is 6.77. The lowest BCUT2D eigenvalue weighted by Crippen LogP contribution is -2.47. The van der Waals surface area contributed by atoms with Crippen LogP contribution in [0.15, 0.2) is 115 Å². The summed E-state index contributed by atoms with van der Waals surface area (Å²) < 4.78 is 66.0. The minimum Gasteiger partial charge on any atom is -0.287 e. The van der Waals surface area contributed by atoms with Crippen LogP contribution in [0.3, 0.4) is 0 Å². The van der Waals surface area contributed by atoms with E-state index < -0.39 is 36.5 Å². The molecule has 4 N–H and O–H groups in total. The zero-order chi connectivity index (χ0) is 28.7. The van der Waals surface area contributed by atoms with Gasteiger partial charge in [-0.3, -0.25) is 29.5 Å². The molecule has 0 aliphatic heterocycles. The topological polar surface area (TPSA) is 192 Å². The molecule has 202 valence electrons. The second-order valence-electron chi connectivity index (χ2n) is 8.47. The Balaban J connectivity index is 1.56. The van der Waals surface area contributed by atoms with Crippen LogP contribution in [-0.4, -0.2) is 25.9 Å². The van der Waals surface area contributed by atoms with Crippen molar-refractivity contribution in [1.82, 2.24) is 0 Å². The summed E-state index contributed by atoms with van der Waals surface area (Å²) in [4.78, 5) is 24.9. The van der Waals surface area contributed by atoms with Crippen LogP contribution in [0.5, 0.6) is 0 Å². The van der Waals surface area contributed by atoms with Gasteiger partial charge >= 0.3 is 0 Å². The standard InChI is InChI=1S/C26H18N4O8S2/c31-22-12-9-21(29-27-19-10-13-23(39(33,34)35)17-7-3-1-5-15(17)19)26(32)25(22)30-28-20-11-14-24(40(36,37)38)18-8-4-2-6-16(18)20/h1-14,27-28H,(H,33,34,35)(H,36,37,38)/b29-21+,30-25+. The second-order valence-corrected chi connectivity index (χ2v) is 11.3. The highest BCUT2D eigenvalue weighted by Crippen LogP contribution is 2.30. The highest BCUT2D eigenvalue weighted by Gasteiger charge is 2.17. The van der Waals surface area contributed by atoms with Crippen LogP contribution in [0, 0.1) is 0 Å². The van der Waals surface area contributed by atoms with Crippen molar-refractivity contribution in [3.8, 4) is 0 Å². The number of hydrogen-bond donors (Lipinski definition) is 4. The molecule has 0 aliphatic rings. The summed E-state index contributed by atoms with van der Waals surface area (Å²) in [6, 6.07) is 20.0. The van der Waals surface area contributed by atoms with Crippen molar-refractivity contribution in [2.24, 2.45) is 10.2 Å². The molecule has 12 nitrogen and oxygen atoms in total. The van der Waals surface area contributed by atoms with Gasteiger partial charge in [-0.25, -0.2) is 0 Å². The maximum Gasteiger partial charge on any atom is 0.295 e. The van der Waals surface area contributed by atoms with Crippen LogP contribution in [-0.2, 0) is 20.2 Å². The van der Waals surface area contributed by atoms with Gasteiger partial charge in [-0.1, -0.05) is 48.5 Å². The van der Waals surface area contributed by atoms with Crippen LogP contribution in [0.25, 0.3) is 21.5 Å². The van der Waals surface area contributed by atoms with Crippen LogP contribution < -0.4 is 32.4 Å². The molecule has 5 aromatic rings. The summed E-state index contributed by atoms with van der Waals surface area (Å²) in [5, 5.41) is 8.56. The van der Waals surface area contributed by atoms with Gasteiger partial charge in [0.25, 0.3) is 20.2 Å². The van der Waals surface area contributed by atoms with Gasteiger partial charge in [-0.2, -0.15) is 27.0 Å². The predicted octanol–water partition coefficient (Wildman–Crippen LogP) is 1.94. The first kappa shape index (κ1) is 26.8. The van der Waals surface area contributed by atoms with Gasteiger partial charge < -0.3 is 0 Å². The van der Waals surface area contributed by atoms with E-state index in [0.29, 0.717) is 16.5 Å². The molecular formula is C26H18N4O8S2. The monoisotopic (exact) mass is 578 g/mol. The van der Waals surface area contributed by atoms with Gasteiger partial charge in [0.1, 0.15) is 15.1 Å². The van der Waals surface area contributed by atoms with Gasteiger partial charge in [-0.05, 0) is 36.4 Å². The summed E-state index contributed by atoms with van der Waals surface area (Å²) in [7, 11) is -8.99. The van der Waals surface area contributed by atoms with Crippen LogP contribution >= 0.6 is 0 Å². The lowest BCUT2D eigenvalue weighted by Gasteiger charge is -2.09. The smallest absolute Gasteiger partial charge is 0.287 e. The fraction of sp³-hybridized carbons (Fsp3) is 0. The quantitative estimate of drug-likeness (QED) is 0.171. The Labute approximate surface area is 225 Å². The van der Waals surface area contributed by atoms with Crippen LogP contribution in [0.4, 0.5) is 11.4 Å². The average Bonchev–Trinajstić information content (AvgIpc) is 2.91. The van der Waals surface area contributed by atoms with Crippen molar-refractivity contribution >= 4 is 53.2 Å². The van der Waals surface area contributed by atoms with Gasteiger partial charge in [0, 0.05) is 21.5 Å². The first-order valence-electron chi connectivity index (χ1n) is 11.4. The highest BCUT2D eigenvalue weighted by molar-refractivity contribution is 7.86. The zero-order valence-electron chi connectivity index (χ0n) is 20.1. The molecule has 0 radical (unpaired) electrons. The Morgan fingerprint density at radius 3 is 1.48 bits per heavy atom. The molecule has 5 aromatic carbocycles. The maximum absolute atomic E-state index is 13.0. The number of nitrogens with zero attached hydrogens (tertiary/aromatic N) is 2. The number of nitrogens with one attached hydrogen (secondary N) is 2. The van der Waals surface area contributed by atoms with E-state index in [-0.39, 0.29) is 31.6 Å². The zero-order valence-corrected chi connectivity index (χ0v) is 21.8. The molecule has 0 aromatic heterocycles. The molecule has 40 heavy (non-hydrogen) atoms. The summed E-state index contributed by atoms with van der Waals surface area (Å²) in [5.74, 6) is 0. The summed E-state index contributed by atoms with van der Waals surface area (Å²) >= 11 is 0. The summed E-state index contributed by atoms with van der Waals surface area (Å²) in [6.07, 6.45) is 0. The first-order valence-corrected chi connectivity index (χ1v) is 14.3. The van der Waals surface area contributed by atoms with E-state index in [2.05, 4.69) is 21.1 Å². The third-order valence-electron chi connectivity index (χ3n) is 5.98. The third-order valence-corrected chi connectivity index (χ3v) is 7.81. The number of benzene rings is 5. The molecule has 0 amide bonds. The van der Waals surface area contributed by atoms with E-state index in [0.717, 1.165) is 6.07 Å². The molecule has 14 heteroatoms. The Morgan fingerprint density at radius 2 is 1.00 bits per heavy atom. The third kappa shape index (κ3) is 5.11. The number of fused-ring (bicyclic) bond motifs is 2. The molecule has 0 unspecified atom stereocenters. The fourth-order valence-electron chi connectivity index (χ4n) is 4.16. The van der Waals surface area contributed by atoms with Crippen molar-refractivity contribution in [1.29, 1.82) is 0 Å². The highest BCUT2D eigenvalue weighted by atomic mass is 32.2. The average molecular weight is 579 g/mol. The molecule has 0 heterocycles. The van der Waals surface area contributed by atoms with Gasteiger partial charge in [0.2, 0.25) is 10.9 Å². The second kappa shape index (κ2) is 10.1. The molecule has 0 fully saturated rings. The van der Waals surface area contributed by atoms with E-state index >= 15 is 0 Å². The van der Waals surface area contributed by atoms with E-state index in [1.54, 1.807) is 36.4 Å².